The predicted octanol–water partition coefficient (Wildman–Crippen LogP) is 1.88. The second-order valence-electron chi connectivity index (χ2n) is 3.78. The van der Waals surface area contributed by atoms with Gasteiger partial charge < -0.3 is 14.4 Å². The van der Waals surface area contributed by atoms with Crippen LogP contribution >= 0.6 is 0 Å². The molecular formula is C12H12N2O4. The molecule has 0 aliphatic rings. The van der Waals surface area contributed by atoms with Crippen LogP contribution in [0, 0.1) is 13.8 Å². The van der Waals surface area contributed by atoms with E-state index in [-0.39, 0.29) is 17.2 Å². The number of aldehydes is 1. The molecule has 2 aromatic rings. The molecule has 0 spiro atoms. The highest BCUT2D eigenvalue weighted by Crippen LogP contribution is 2.37. The van der Waals surface area contributed by atoms with Crippen molar-refractivity contribution in [2.75, 3.05) is 7.11 Å². The molecule has 0 bridgehead atoms. The zero-order valence-electron chi connectivity index (χ0n) is 10.2. The van der Waals surface area contributed by atoms with Gasteiger partial charge in [0.15, 0.2) is 12.1 Å². The Morgan fingerprint density at radius 1 is 1.44 bits per heavy atom. The van der Waals surface area contributed by atoms with Crippen LogP contribution in [0.2, 0.25) is 0 Å². The number of methoxy groups -OCH3 is 1. The van der Waals surface area contributed by atoms with Gasteiger partial charge in [0.05, 0.1) is 18.2 Å². The number of aryl methyl sites for hydroxylation is 1. The zero-order valence-corrected chi connectivity index (χ0v) is 10.2. The first-order valence-electron chi connectivity index (χ1n) is 5.25. The van der Waals surface area contributed by atoms with Crippen molar-refractivity contribution in [3.63, 3.8) is 0 Å². The molecule has 2 rings (SSSR count). The summed E-state index contributed by atoms with van der Waals surface area (Å²) in [5.74, 6) is 0.895. The number of rotatable bonds is 3. The van der Waals surface area contributed by atoms with Crippen molar-refractivity contribution < 1.29 is 19.2 Å². The Bertz CT molecular complexity index is 604. The van der Waals surface area contributed by atoms with Crippen molar-refractivity contribution in [2.45, 2.75) is 13.8 Å². The number of benzene rings is 1. The van der Waals surface area contributed by atoms with Crippen molar-refractivity contribution in [3.8, 4) is 23.0 Å². The fourth-order valence-electron chi connectivity index (χ4n) is 1.77. The van der Waals surface area contributed by atoms with E-state index in [1.54, 1.807) is 13.8 Å². The summed E-state index contributed by atoms with van der Waals surface area (Å²) in [7, 11) is 1.48. The summed E-state index contributed by atoms with van der Waals surface area (Å²) < 4.78 is 10.2. The number of aromatic nitrogens is 2. The maximum atomic E-state index is 11.1. The molecule has 0 saturated heterocycles. The fraction of sp³-hybridized carbons (Fsp3) is 0.250. The minimum absolute atomic E-state index is 0.108. The van der Waals surface area contributed by atoms with Crippen LogP contribution in [0.1, 0.15) is 21.7 Å². The lowest BCUT2D eigenvalue weighted by molar-refractivity contribution is 0.112. The predicted molar refractivity (Wildman–Crippen MR) is 62.8 cm³/mol. The first kappa shape index (κ1) is 12.1. The summed E-state index contributed by atoms with van der Waals surface area (Å²) in [5, 5.41) is 13.5. The van der Waals surface area contributed by atoms with E-state index in [2.05, 4.69) is 10.1 Å². The van der Waals surface area contributed by atoms with Gasteiger partial charge in [-0.3, -0.25) is 4.79 Å². The van der Waals surface area contributed by atoms with Crippen LogP contribution in [0.25, 0.3) is 11.5 Å². The normalized spacial score (nSPS) is 10.4. The van der Waals surface area contributed by atoms with Crippen molar-refractivity contribution in [3.05, 3.63) is 23.0 Å². The number of hydrogen-bond acceptors (Lipinski definition) is 6. The molecule has 1 aromatic heterocycles. The van der Waals surface area contributed by atoms with E-state index in [1.807, 2.05) is 0 Å². The van der Waals surface area contributed by atoms with Gasteiger partial charge in [0.25, 0.3) is 5.89 Å². The van der Waals surface area contributed by atoms with Crippen molar-refractivity contribution in [2.24, 2.45) is 0 Å². The third kappa shape index (κ3) is 1.81. The number of ether oxygens (including phenoxy) is 1. The highest BCUT2D eigenvalue weighted by atomic mass is 16.5. The van der Waals surface area contributed by atoms with Crippen LogP contribution in [-0.2, 0) is 0 Å². The van der Waals surface area contributed by atoms with Crippen LogP contribution in [0.3, 0.4) is 0 Å². The van der Waals surface area contributed by atoms with Gasteiger partial charge in [-0.05, 0) is 13.8 Å². The molecule has 0 aliphatic carbocycles. The molecule has 6 nitrogen and oxygen atoms in total. The number of nitrogens with zero attached hydrogens (tertiary/aromatic N) is 2. The molecule has 0 aliphatic heterocycles. The zero-order chi connectivity index (χ0) is 13.3. The summed E-state index contributed by atoms with van der Waals surface area (Å²) in [6, 6.07) is 1.38. The first-order valence-corrected chi connectivity index (χ1v) is 5.25. The molecule has 1 aromatic carbocycles. The van der Waals surface area contributed by atoms with Gasteiger partial charge in [-0.1, -0.05) is 5.16 Å². The second-order valence-corrected chi connectivity index (χ2v) is 3.78. The first-order chi connectivity index (χ1) is 8.58. The lowest BCUT2D eigenvalue weighted by Gasteiger charge is -2.11. The van der Waals surface area contributed by atoms with E-state index in [9.17, 15) is 9.90 Å². The van der Waals surface area contributed by atoms with Gasteiger partial charge in [0, 0.05) is 11.6 Å². The number of carbonyl (C=O) groups is 1. The third-order valence-corrected chi connectivity index (χ3v) is 2.64. The van der Waals surface area contributed by atoms with Crippen LogP contribution in [-0.4, -0.2) is 28.6 Å². The van der Waals surface area contributed by atoms with Crippen LogP contribution < -0.4 is 4.74 Å². The molecule has 0 atom stereocenters. The Labute approximate surface area is 103 Å². The molecule has 1 N–H and O–H groups in total. The van der Waals surface area contributed by atoms with Crippen molar-refractivity contribution in [1.82, 2.24) is 10.1 Å². The fourth-order valence-corrected chi connectivity index (χ4v) is 1.77. The van der Waals surface area contributed by atoms with Gasteiger partial charge >= 0.3 is 0 Å². The topological polar surface area (TPSA) is 85.5 Å². The van der Waals surface area contributed by atoms with Gasteiger partial charge in [-0.25, -0.2) is 0 Å². The van der Waals surface area contributed by atoms with Gasteiger partial charge in [-0.2, -0.15) is 4.98 Å². The minimum Gasteiger partial charge on any atom is -0.507 e. The average molecular weight is 248 g/mol. The number of carbonyl (C=O) groups excluding carboxylic acids is 1. The number of phenols is 1. The molecule has 1 heterocycles. The Kier molecular flexibility index (Phi) is 3.01. The molecule has 0 fully saturated rings. The maximum absolute atomic E-state index is 11.1. The number of aromatic hydroxyl groups is 1. The van der Waals surface area contributed by atoms with E-state index >= 15 is 0 Å². The molecule has 18 heavy (non-hydrogen) atoms. The van der Waals surface area contributed by atoms with Gasteiger partial charge in [-0.15, -0.1) is 0 Å². The largest absolute Gasteiger partial charge is 0.507 e. The molecular weight excluding hydrogens is 236 g/mol. The highest BCUT2D eigenvalue weighted by Gasteiger charge is 2.21. The summed E-state index contributed by atoms with van der Waals surface area (Å²) in [4.78, 5) is 15.2. The van der Waals surface area contributed by atoms with E-state index in [0.29, 0.717) is 29.0 Å². The molecule has 6 heteroatoms. The Balaban J connectivity index is 2.77. The molecule has 0 amide bonds. The monoisotopic (exact) mass is 248 g/mol. The Hall–Kier alpha value is -2.37. The minimum atomic E-state index is -0.182. The Morgan fingerprint density at radius 3 is 2.67 bits per heavy atom. The SMILES string of the molecule is COc1cc(O)c(C=O)c(-c2nc(C)no2)c1C. The van der Waals surface area contributed by atoms with E-state index in [0.717, 1.165) is 0 Å². The standard InChI is InChI=1S/C12H12N2O4/c1-6-10(17-3)4-9(16)8(5-15)11(6)12-13-7(2)14-18-12/h4-5,16H,1-3H3. The van der Waals surface area contributed by atoms with Crippen molar-refractivity contribution in [1.29, 1.82) is 0 Å². The van der Waals surface area contributed by atoms with Crippen LogP contribution in [0.5, 0.6) is 11.5 Å². The summed E-state index contributed by atoms with van der Waals surface area (Å²) in [6.45, 7) is 3.42. The Morgan fingerprint density at radius 2 is 2.17 bits per heavy atom. The number of hydrogen-bond donors (Lipinski definition) is 1. The summed E-state index contributed by atoms with van der Waals surface area (Å²) in [6.07, 6.45) is 0.552. The van der Waals surface area contributed by atoms with E-state index in [1.165, 1.54) is 13.2 Å². The van der Waals surface area contributed by atoms with Gasteiger partial charge in [0.1, 0.15) is 11.5 Å². The maximum Gasteiger partial charge on any atom is 0.259 e. The highest BCUT2D eigenvalue weighted by molar-refractivity contribution is 5.91. The molecule has 0 saturated carbocycles. The molecule has 0 unspecified atom stereocenters. The van der Waals surface area contributed by atoms with E-state index < -0.39 is 0 Å². The van der Waals surface area contributed by atoms with Crippen LogP contribution in [0.4, 0.5) is 0 Å². The third-order valence-electron chi connectivity index (χ3n) is 2.64. The second kappa shape index (κ2) is 4.48. The molecule has 94 valence electrons. The quantitative estimate of drug-likeness (QED) is 0.834. The summed E-state index contributed by atoms with van der Waals surface area (Å²) >= 11 is 0. The lowest BCUT2D eigenvalue weighted by atomic mass is 10.0. The average Bonchev–Trinajstić information content (AvgIpc) is 2.77. The van der Waals surface area contributed by atoms with Crippen molar-refractivity contribution >= 4 is 6.29 Å². The molecule has 0 radical (unpaired) electrons. The lowest BCUT2D eigenvalue weighted by Crippen LogP contribution is -1.97. The smallest absolute Gasteiger partial charge is 0.259 e. The van der Waals surface area contributed by atoms with Crippen LogP contribution in [0.15, 0.2) is 10.6 Å². The summed E-state index contributed by atoms with van der Waals surface area (Å²) in [5.41, 5.74) is 1.15. The van der Waals surface area contributed by atoms with Gasteiger partial charge in [0.2, 0.25) is 0 Å². The van der Waals surface area contributed by atoms with E-state index in [4.69, 9.17) is 9.26 Å². The number of phenolic OH excluding ortho intramolecular Hbond substituents is 1.